The molecule has 2 unspecified atom stereocenters. The van der Waals surface area contributed by atoms with Crippen molar-refractivity contribution in [3.63, 3.8) is 0 Å². The zero-order chi connectivity index (χ0) is 29.7. The van der Waals surface area contributed by atoms with Gasteiger partial charge in [-0.1, -0.05) is 41.9 Å². The maximum Gasteiger partial charge on any atom is 0.224 e. The van der Waals surface area contributed by atoms with E-state index in [9.17, 15) is 4.79 Å². The van der Waals surface area contributed by atoms with Crippen LogP contribution in [0, 0.1) is 33.6 Å². The fourth-order valence-electron chi connectivity index (χ4n) is 5.30. The highest BCUT2D eigenvalue weighted by Gasteiger charge is 2.28. The number of aromatic nitrogens is 1. The maximum absolute atomic E-state index is 12.7. The quantitative estimate of drug-likeness (QED) is 0.174. The number of rotatable bonds is 13. The molecule has 0 fully saturated rings. The zero-order valence-corrected chi connectivity index (χ0v) is 25.6. The molecule has 0 aliphatic heterocycles. The largest absolute Gasteiger partial charge is 0.458 e. The van der Waals surface area contributed by atoms with Crippen LogP contribution in [0.1, 0.15) is 84.7 Å². The van der Waals surface area contributed by atoms with Crippen molar-refractivity contribution in [1.82, 2.24) is 10.5 Å². The van der Waals surface area contributed by atoms with Crippen LogP contribution in [0.15, 0.2) is 51.4 Å². The smallest absolute Gasteiger partial charge is 0.224 e. The van der Waals surface area contributed by atoms with E-state index in [4.69, 9.17) is 19.4 Å². The summed E-state index contributed by atoms with van der Waals surface area (Å²) in [6, 6.07) is 14.5. The average molecular weight is 560 g/mol. The lowest BCUT2D eigenvalue weighted by Crippen LogP contribution is -2.38. The van der Waals surface area contributed by atoms with E-state index in [2.05, 4.69) is 49.4 Å². The van der Waals surface area contributed by atoms with Gasteiger partial charge in [-0.2, -0.15) is 0 Å². The molecule has 0 spiro atoms. The number of carbonyl (C=O) groups is 1. The first-order valence-corrected chi connectivity index (χ1v) is 14.6. The van der Waals surface area contributed by atoms with Crippen molar-refractivity contribution in [2.75, 3.05) is 13.2 Å². The molecule has 1 amide bonds. The summed E-state index contributed by atoms with van der Waals surface area (Å²) in [7, 11) is 0. The third-order valence-corrected chi connectivity index (χ3v) is 7.46. The van der Waals surface area contributed by atoms with Gasteiger partial charge in [0.25, 0.3) is 0 Å². The predicted octanol–water partition coefficient (Wildman–Crippen LogP) is 6.82. The number of nitrogens with two attached hydrogens (primary N) is 1. The highest BCUT2D eigenvalue weighted by Crippen LogP contribution is 2.35. The molecule has 2 aromatic heterocycles. The van der Waals surface area contributed by atoms with E-state index < -0.39 is 11.6 Å². The second kappa shape index (κ2) is 13.0. The minimum Gasteiger partial charge on any atom is -0.458 e. The molecule has 0 bridgehead atoms. The van der Waals surface area contributed by atoms with Crippen molar-refractivity contribution >= 4 is 16.9 Å². The second-order valence-corrected chi connectivity index (χ2v) is 12.3. The Kier molecular flexibility index (Phi) is 9.72. The first kappa shape index (κ1) is 30.5. The molecule has 41 heavy (non-hydrogen) atoms. The van der Waals surface area contributed by atoms with Gasteiger partial charge in [0.15, 0.2) is 0 Å². The Morgan fingerprint density at radius 3 is 2.56 bits per heavy atom. The Morgan fingerprint density at radius 2 is 1.88 bits per heavy atom. The molecule has 0 saturated carbocycles. The molecule has 7 nitrogen and oxygen atoms in total. The highest BCUT2D eigenvalue weighted by molar-refractivity contribution is 5.83. The lowest BCUT2D eigenvalue weighted by Gasteiger charge is -2.23. The molecule has 3 N–H and O–H groups in total. The molecular weight excluding hydrogens is 514 g/mol. The standard InChI is InChI=1S/C34H45N3O4/c1-21(16-27-12-10-22(2)15-23(27)3)9-8-14-36-31(38)18-26-11-13-29-28(17-26)19-30(40-29)33(39-20-34(6,7)35)32-24(4)37-41-25(32)5/h10-13,15,17,19,21,33H,8-9,14,16,18,20,35H2,1-7H3,(H,36,38). The normalized spacial score (nSPS) is 13.5. The topological polar surface area (TPSA) is 104 Å². The summed E-state index contributed by atoms with van der Waals surface area (Å²) < 4.78 is 17.9. The van der Waals surface area contributed by atoms with Crippen LogP contribution < -0.4 is 11.1 Å². The van der Waals surface area contributed by atoms with Crippen molar-refractivity contribution in [1.29, 1.82) is 0 Å². The van der Waals surface area contributed by atoms with Gasteiger partial charge in [-0.15, -0.1) is 0 Å². The van der Waals surface area contributed by atoms with Crippen molar-refractivity contribution in [2.45, 2.75) is 85.8 Å². The molecule has 220 valence electrons. The SMILES string of the molecule is Cc1ccc(CC(C)CCCNC(=O)Cc2ccc3oc(C(OCC(C)(C)N)c4c(C)noc4C)cc3c2)c(C)c1. The molecule has 0 aliphatic rings. The fourth-order valence-corrected chi connectivity index (χ4v) is 5.30. The van der Waals surface area contributed by atoms with Crippen molar-refractivity contribution in [3.8, 4) is 0 Å². The molecule has 0 radical (unpaired) electrons. The number of ether oxygens (including phenoxy) is 1. The Morgan fingerprint density at radius 1 is 1.10 bits per heavy atom. The molecule has 4 rings (SSSR count). The van der Waals surface area contributed by atoms with Crippen molar-refractivity contribution in [2.24, 2.45) is 11.7 Å². The van der Waals surface area contributed by atoms with Gasteiger partial charge in [-0.25, -0.2) is 0 Å². The number of fused-ring (bicyclic) bond motifs is 1. The van der Waals surface area contributed by atoms with Crippen LogP contribution in [0.2, 0.25) is 0 Å². The Hall–Kier alpha value is -3.42. The summed E-state index contributed by atoms with van der Waals surface area (Å²) in [6.07, 6.45) is 2.93. The molecule has 4 aromatic rings. The monoisotopic (exact) mass is 559 g/mol. The lowest BCUT2D eigenvalue weighted by molar-refractivity contribution is -0.120. The van der Waals surface area contributed by atoms with Gasteiger partial charge >= 0.3 is 0 Å². The third kappa shape index (κ3) is 8.30. The molecule has 7 heteroatoms. The molecule has 2 heterocycles. The molecule has 0 aliphatic carbocycles. The summed E-state index contributed by atoms with van der Waals surface area (Å²) >= 11 is 0. The van der Waals surface area contributed by atoms with Crippen LogP contribution in [-0.4, -0.2) is 29.8 Å². The summed E-state index contributed by atoms with van der Waals surface area (Å²) in [5.74, 6) is 1.92. The van der Waals surface area contributed by atoms with E-state index in [1.165, 1.54) is 16.7 Å². The number of benzene rings is 2. The van der Waals surface area contributed by atoms with Gasteiger partial charge in [0, 0.05) is 17.5 Å². The molecule has 0 saturated heterocycles. The van der Waals surface area contributed by atoms with E-state index in [-0.39, 0.29) is 5.91 Å². The molecule has 2 aromatic carbocycles. The van der Waals surface area contributed by atoms with Crippen LogP contribution in [0.25, 0.3) is 11.0 Å². The van der Waals surface area contributed by atoms with Crippen LogP contribution in [0.5, 0.6) is 0 Å². The number of nitrogens with zero attached hydrogens (tertiary/aromatic N) is 1. The van der Waals surface area contributed by atoms with Crippen LogP contribution in [-0.2, 0) is 22.4 Å². The van der Waals surface area contributed by atoms with Gasteiger partial charge < -0.3 is 24.7 Å². The summed E-state index contributed by atoms with van der Waals surface area (Å²) in [5.41, 5.74) is 13.0. The van der Waals surface area contributed by atoms with E-state index in [0.717, 1.165) is 47.1 Å². The Labute approximate surface area is 243 Å². The molecular formula is C34H45N3O4. The number of hydrogen-bond donors (Lipinski definition) is 2. The summed E-state index contributed by atoms with van der Waals surface area (Å²) in [6.45, 7) is 15.2. The van der Waals surface area contributed by atoms with Gasteiger partial charge in [0.1, 0.15) is 23.2 Å². The Balaban J connectivity index is 1.34. The summed E-state index contributed by atoms with van der Waals surface area (Å²) in [5, 5.41) is 8.11. The van der Waals surface area contributed by atoms with E-state index >= 15 is 0 Å². The fraction of sp³-hybridized carbons (Fsp3) is 0.471. The lowest BCUT2D eigenvalue weighted by atomic mass is 9.93. The van der Waals surface area contributed by atoms with Crippen LogP contribution in [0.4, 0.5) is 0 Å². The minimum atomic E-state index is -0.512. The van der Waals surface area contributed by atoms with Gasteiger partial charge in [-0.05, 0) is 102 Å². The first-order chi connectivity index (χ1) is 19.4. The average Bonchev–Trinajstić information content (AvgIpc) is 3.46. The Bertz CT molecular complexity index is 1460. The van der Waals surface area contributed by atoms with E-state index in [1.54, 1.807) is 0 Å². The minimum absolute atomic E-state index is 0.0252. The number of hydrogen-bond acceptors (Lipinski definition) is 6. The zero-order valence-electron chi connectivity index (χ0n) is 25.6. The van der Waals surface area contributed by atoms with Gasteiger partial charge in [0.05, 0.1) is 24.3 Å². The third-order valence-electron chi connectivity index (χ3n) is 7.46. The number of carbonyl (C=O) groups excluding carboxylic acids is 1. The van der Waals surface area contributed by atoms with Crippen molar-refractivity contribution < 1.29 is 18.5 Å². The summed E-state index contributed by atoms with van der Waals surface area (Å²) in [4.78, 5) is 12.7. The van der Waals surface area contributed by atoms with Crippen LogP contribution in [0.3, 0.4) is 0 Å². The maximum atomic E-state index is 12.7. The number of aryl methyl sites for hydroxylation is 4. The van der Waals surface area contributed by atoms with Crippen LogP contribution >= 0.6 is 0 Å². The van der Waals surface area contributed by atoms with Gasteiger partial charge in [0.2, 0.25) is 5.91 Å². The second-order valence-electron chi connectivity index (χ2n) is 12.3. The predicted molar refractivity (Wildman–Crippen MR) is 163 cm³/mol. The van der Waals surface area contributed by atoms with Crippen molar-refractivity contribution in [3.05, 3.63) is 87.5 Å². The molecule has 2 atom stereocenters. The van der Waals surface area contributed by atoms with E-state index in [0.29, 0.717) is 37.0 Å². The van der Waals surface area contributed by atoms with E-state index in [1.807, 2.05) is 52.0 Å². The number of amides is 1. The highest BCUT2D eigenvalue weighted by atomic mass is 16.5. The number of nitrogens with one attached hydrogen (secondary N) is 1. The van der Waals surface area contributed by atoms with Gasteiger partial charge in [-0.3, -0.25) is 4.79 Å². The first-order valence-electron chi connectivity index (χ1n) is 14.6. The number of furan rings is 1.